The number of hydrogen-bond acceptors (Lipinski definition) is 4. The monoisotopic (exact) mass is 312 g/mol. The molecule has 0 spiro atoms. The van der Waals surface area contributed by atoms with Crippen LogP contribution < -0.4 is 0 Å². The van der Waals surface area contributed by atoms with Crippen LogP contribution in [0.3, 0.4) is 0 Å². The second-order valence-electron chi connectivity index (χ2n) is 5.05. The Hall–Kier alpha value is -2.15. The number of nitrogens with zero attached hydrogens (tertiary/aromatic N) is 2. The second kappa shape index (κ2) is 5.69. The summed E-state index contributed by atoms with van der Waals surface area (Å²) >= 11 is 5.71. The molecule has 2 atom stereocenters. The van der Waals surface area contributed by atoms with Gasteiger partial charge in [-0.3, -0.25) is 19.7 Å². The molecule has 1 fully saturated rings. The zero-order valence-electron chi connectivity index (χ0n) is 11.2. The number of nitro benzene ring substituents is 1. The van der Waals surface area contributed by atoms with E-state index in [1.54, 1.807) is 6.92 Å². The number of aliphatic carboxylic acids is 1. The maximum Gasteiger partial charge on any atom is 0.308 e. The fourth-order valence-corrected chi connectivity index (χ4v) is 2.63. The average Bonchev–Trinajstić information content (AvgIpc) is 2.80. The van der Waals surface area contributed by atoms with Crippen molar-refractivity contribution < 1.29 is 19.6 Å². The zero-order chi connectivity index (χ0) is 15.7. The minimum Gasteiger partial charge on any atom is -0.481 e. The first-order chi connectivity index (χ1) is 9.81. The SMILES string of the molecule is CC1CN(C(=O)c2ccc(Cl)cc2[N+](=O)[O-])CC1C(=O)O. The van der Waals surface area contributed by atoms with Crippen LogP contribution >= 0.6 is 11.6 Å². The van der Waals surface area contributed by atoms with Gasteiger partial charge in [0.25, 0.3) is 11.6 Å². The smallest absolute Gasteiger partial charge is 0.308 e. The molecule has 21 heavy (non-hydrogen) atoms. The molecule has 7 nitrogen and oxygen atoms in total. The maximum atomic E-state index is 12.4. The molecule has 1 aromatic carbocycles. The molecule has 0 saturated carbocycles. The van der Waals surface area contributed by atoms with Crippen molar-refractivity contribution >= 4 is 29.2 Å². The topological polar surface area (TPSA) is 101 Å². The summed E-state index contributed by atoms with van der Waals surface area (Å²) in [5.41, 5.74) is -0.457. The van der Waals surface area contributed by atoms with Gasteiger partial charge in [-0.1, -0.05) is 18.5 Å². The van der Waals surface area contributed by atoms with E-state index in [2.05, 4.69) is 0 Å². The summed E-state index contributed by atoms with van der Waals surface area (Å²) in [5.74, 6) is -2.37. The number of rotatable bonds is 3. The Labute approximate surface area is 125 Å². The first-order valence-electron chi connectivity index (χ1n) is 6.27. The number of benzene rings is 1. The molecule has 1 aromatic rings. The fraction of sp³-hybridized carbons (Fsp3) is 0.385. The number of halogens is 1. The van der Waals surface area contributed by atoms with E-state index in [0.717, 1.165) is 6.07 Å². The number of hydrogen-bond donors (Lipinski definition) is 1. The van der Waals surface area contributed by atoms with E-state index < -0.39 is 22.7 Å². The van der Waals surface area contributed by atoms with Gasteiger partial charge in [0.05, 0.1) is 10.8 Å². The van der Waals surface area contributed by atoms with Crippen molar-refractivity contribution in [2.75, 3.05) is 13.1 Å². The average molecular weight is 313 g/mol. The molecule has 112 valence electrons. The van der Waals surface area contributed by atoms with Crippen LogP contribution in [0.2, 0.25) is 5.02 Å². The highest BCUT2D eigenvalue weighted by molar-refractivity contribution is 6.31. The lowest BCUT2D eigenvalue weighted by atomic mass is 9.99. The summed E-state index contributed by atoms with van der Waals surface area (Å²) in [6, 6.07) is 3.81. The highest BCUT2D eigenvalue weighted by atomic mass is 35.5. The molecule has 1 heterocycles. The Balaban J connectivity index is 2.30. The number of likely N-dealkylation sites (tertiary alicyclic amines) is 1. The van der Waals surface area contributed by atoms with E-state index in [4.69, 9.17) is 16.7 Å². The lowest BCUT2D eigenvalue weighted by Gasteiger charge is -2.16. The number of nitro groups is 1. The first-order valence-corrected chi connectivity index (χ1v) is 6.65. The molecule has 2 rings (SSSR count). The number of amides is 1. The van der Waals surface area contributed by atoms with Crippen molar-refractivity contribution in [1.82, 2.24) is 4.90 Å². The number of carbonyl (C=O) groups is 2. The predicted octanol–water partition coefficient (Wildman–Crippen LogP) is 2.04. The number of carboxylic acids is 1. The van der Waals surface area contributed by atoms with Crippen molar-refractivity contribution in [2.45, 2.75) is 6.92 Å². The summed E-state index contributed by atoms with van der Waals surface area (Å²) in [5, 5.41) is 20.2. The van der Waals surface area contributed by atoms with Crippen LogP contribution in [0.5, 0.6) is 0 Å². The minimum atomic E-state index is -0.969. The van der Waals surface area contributed by atoms with Crippen molar-refractivity contribution in [3.05, 3.63) is 38.9 Å². The van der Waals surface area contributed by atoms with E-state index in [-0.39, 0.29) is 35.3 Å². The normalized spacial score (nSPS) is 21.3. The third-order valence-electron chi connectivity index (χ3n) is 3.60. The van der Waals surface area contributed by atoms with Crippen molar-refractivity contribution in [3.8, 4) is 0 Å². The van der Waals surface area contributed by atoms with E-state index in [0.29, 0.717) is 0 Å². The standard InChI is InChI=1S/C13H13ClN2O5/c1-7-5-15(6-10(7)13(18)19)12(17)9-3-2-8(14)4-11(9)16(20)21/h2-4,7,10H,5-6H2,1H3,(H,18,19). The van der Waals surface area contributed by atoms with Crippen LogP contribution in [-0.2, 0) is 4.79 Å². The Morgan fingerprint density at radius 2 is 2.10 bits per heavy atom. The van der Waals surface area contributed by atoms with Crippen molar-refractivity contribution in [1.29, 1.82) is 0 Å². The Morgan fingerprint density at radius 1 is 1.43 bits per heavy atom. The maximum absolute atomic E-state index is 12.4. The highest BCUT2D eigenvalue weighted by Gasteiger charge is 2.38. The van der Waals surface area contributed by atoms with Gasteiger partial charge in [-0.15, -0.1) is 0 Å². The second-order valence-corrected chi connectivity index (χ2v) is 5.49. The summed E-state index contributed by atoms with van der Waals surface area (Å²) < 4.78 is 0. The first kappa shape index (κ1) is 15.2. The summed E-state index contributed by atoms with van der Waals surface area (Å²) in [7, 11) is 0. The Morgan fingerprint density at radius 3 is 2.62 bits per heavy atom. The molecule has 1 N–H and O–H groups in total. The van der Waals surface area contributed by atoms with Gasteiger partial charge >= 0.3 is 5.97 Å². The summed E-state index contributed by atoms with van der Waals surface area (Å²) in [4.78, 5) is 35.1. The summed E-state index contributed by atoms with van der Waals surface area (Å²) in [6.07, 6.45) is 0. The molecule has 1 aliphatic rings. The molecule has 0 radical (unpaired) electrons. The van der Waals surface area contributed by atoms with Gasteiger partial charge in [-0.2, -0.15) is 0 Å². The predicted molar refractivity (Wildman–Crippen MR) is 74.3 cm³/mol. The van der Waals surface area contributed by atoms with Crippen LogP contribution in [0.1, 0.15) is 17.3 Å². The lowest BCUT2D eigenvalue weighted by Crippen LogP contribution is -2.30. The Bertz CT molecular complexity index is 619. The van der Waals surface area contributed by atoms with Crippen LogP contribution in [-0.4, -0.2) is 39.9 Å². The molecule has 1 aliphatic heterocycles. The third-order valence-corrected chi connectivity index (χ3v) is 3.84. The highest BCUT2D eigenvalue weighted by Crippen LogP contribution is 2.29. The largest absolute Gasteiger partial charge is 0.481 e. The van der Waals surface area contributed by atoms with Gasteiger partial charge in [0, 0.05) is 24.2 Å². The van der Waals surface area contributed by atoms with Gasteiger partial charge in [0.2, 0.25) is 0 Å². The van der Waals surface area contributed by atoms with E-state index in [1.165, 1.54) is 17.0 Å². The van der Waals surface area contributed by atoms with Crippen LogP contribution in [0.4, 0.5) is 5.69 Å². The molecule has 0 aromatic heterocycles. The van der Waals surface area contributed by atoms with Crippen LogP contribution in [0, 0.1) is 22.0 Å². The molecule has 1 amide bonds. The minimum absolute atomic E-state index is 0.0507. The van der Waals surface area contributed by atoms with Gasteiger partial charge < -0.3 is 10.0 Å². The van der Waals surface area contributed by atoms with Gasteiger partial charge in [-0.05, 0) is 18.1 Å². The van der Waals surface area contributed by atoms with Crippen LogP contribution in [0.15, 0.2) is 18.2 Å². The van der Waals surface area contributed by atoms with Gasteiger partial charge in [0.15, 0.2) is 0 Å². The number of carbonyl (C=O) groups excluding carboxylic acids is 1. The zero-order valence-corrected chi connectivity index (χ0v) is 11.9. The summed E-state index contributed by atoms with van der Waals surface area (Å²) in [6.45, 7) is 2.05. The van der Waals surface area contributed by atoms with Crippen molar-refractivity contribution in [2.24, 2.45) is 11.8 Å². The van der Waals surface area contributed by atoms with Crippen molar-refractivity contribution in [3.63, 3.8) is 0 Å². The van der Waals surface area contributed by atoms with E-state index in [1.807, 2.05) is 0 Å². The van der Waals surface area contributed by atoms with Gasteiger partial charge in [-0.25, -0.2) is 0 Å². The fourth-order valence-electron chi connectivity index (χ4n) is 2.46. The van der Waals surface area contributed by atoms with E-state index >= 15 is 0 Å². The molecule has 2 unspecified atom stereocenters. The quantitative estimate of drug-likeness (QED) is 0.680. The lowest BCUT2D eigenvalue weighted by molar-refractivity contribution is -0.385. The van der Waals surface area contributed by atoms with E-state index in [9.17, 15) is 19.7 Å². The Kier molecular flexibility index (Phi) is 4.13. The molecular weight excluding hydrogens is 300 g/mol. The molecular formula is C13H13ClN2O5. The third kappa shape index (κ3) is 2.97. The molecule has 0 bridgehead atoms. The molecule has 1 saturated heterocycles. The molecule has 8 heteroatoms. The molecule has 0 aliphatic carbocycles. The van der Waals surface area contributed by atoms with Crippen LogP contribution in [0.25, 0.3) is 0 Å². The van der Waals surface area contributed by atoms with Gasteiger partial charge in [0.1, 0.15) is 5.56 Å². The number of carboxylic acid groups (broad SMARTS) is 1.